The third-order valence-corrected chi connectivity index (χ3v) is 13.4. The van der Waals surface area contributed by atoms with E-state index in [1.165, 1.54) is 62.2 Å². The van der Waals surface area contributed by atoms with Crippen LogP contribution in [0, 0.1) is 13.8 Å². The van der Waals surface area contributed by atoms with Crippen molar-refractivity contribution in [2.45, 2.75) is 52.4 Å². The Balaban J connectivity index is 1.26. The average molecular weight is 690 g/mol. The minimum absolute atomic E-state index is 0.129. The van der Waals surface area contributed by atoms with E-state index in [9.17, 15) is 0 Å². The first-order chi connectivity index (χ1) is 23.0. The maximum absolute atomic E-state index is 6.42. The van der Waals surface area contributed by atoms with Crippen LogP contribution in [0.15, 0.2) is 125 Å². The van der Waals surface area contributed by atoms with E-state index in [2.05, 4.69) is 149 Å². The van der Waals surface area contributed by atoms with Gasteiger partial charge in [-0.1, -0.05) is 0 Å². The quantitative estimate of drug-likeness (QED) is 0.159. The topological polar surface area (TPSA) is 26.3 Å². The van der Waals surface area contributed by atoms with Gasteiger partial charge in [0.15, 0.2) is 0 Å². The van der Waals surface area contributed by atoms with Crippen LogP contribution in [-0.2, 0) is 36.1 Å². The molecule has 2 aliphatic carbocycles. The summed E-state index contributed by atoms with van der Waals surface area (Å²) in [5.74, 6) is 4.27. The van der Waals surface area contributed by atoms with Crippen LogP contribution in [-0.4, -0.2) is 0 Å². The molecule has 3 heteroatoms. The van der Waals surface area contributed by atoms with Crippen molar-refractivity contribution in [2.24, 2.45) is 0 Å². The predicted molar refractivity (Wildman–Crippen MR) is 189 cm³/mol. The van der Waals surface area contributed by atoms with Gasteiger partial charge in [-0.05, 0) is 0 Å². The summed E-state index contributed by atoms with van der Waals surface area (Å²) < 4.78 is 15.9. The molecule has 0 N–H and O–H groups in total. The zero-order chi connectivity index (χ0) is 32.1. The van der Waals surface area contributed by atoms with Crippen LogP contribution in [0.3, 0.4) is 0 Å². The first kappa shape index (κ1) is 30.2. The van der Waals surface area contributed by atoms with Gasteiger partial charge in [0, 0.05) is 0 Å². The van der Waals surface area contributed by atoms with Crippen LogP contribution in [0.25, 0.3) is 34.4 Å². The summed E-state index contributed by atoms with van der Waals surface area (Å²) in [6, 6.07) is 40.4. The van der Waals surface area contributed by atoms with Gasteiger partial charge in [-0.3, -0.25) is 0 Å². The molecule has 2 aliphatic rings. The SMILES string of the molecule is CCc1ccc(-c2cccc3c2C=[C]([Zr][C]2=Cc4c(-c5ccc(CC)cc5)cccc4C2c2ccc(C)o2)C3c2ccc(C)o2)cc1. The standard InChI is InChI=1S/2C22H19O.Zr/c2*1-3-16-8-10-17(11-9-16)18-5-4-6-19-20(18)12-13-21(19)22-14-7-15(2)23-22;/h2*4-12,14,21H,3H2,1-2H3;. The number of furan rings is 2. The van der Waals surface area contributed by atoms with E-state index in [-0.39, 0.29) is 11.8 Å². The third kappa shape index (κ3) is 5.49. The van der Waals surface area contributed by atoms with Crippen molar-refractivity contribution in [3.63, 3.8) is 0 Å². The Morgan fingerprint density at radius 1 is 0.511 bits per heavy atom. The molecule has 0 bridgehead atoms. The van der Waals surface area contributed by atoms with Gasteiger partial charge < -0.3 is 0 Å². The molecule has 0 fully saturated rings. The van der Waals surface area contributed by atoms with E-state index < -0.39 is 23.2 Å². The van der Waals surface area contributed by atoms with Gasteiger partial charge in [0.2, 0.25) is 0 Å². The molecule has 2 heterocycles. The summed E-state index contributed by atoms with van der Waals surface area (Å²) in [6.07, 6.45) is 7.13. The Bertz CT molecular complexity index is 2000. The molecule has 2 nitrogen and oxygen atoms in total. The molecule has 0 spiro atoms. The van der Waals surface area contributed by atoms with Gasteiger partial charge >= 0.3 is 291 Å². The zero-order valence-electron chi connectivity index (χ0n) is 27.4. The summed E-state index contributed by atoms with van der Waals surface area (Å²) in [5.41, 5.74) is 13.2. The molecule has 47 heavy (non-hydrogen) atoms. The van der Waals surface area contributed by atoms with Gasteiger partial charge in [-0.2, -0.15) is 0 Å². The first-order valence-corrected chi connectivity index (χ1v) is 19.2. The number of benzene rings is 4. The Labute approximate surface area is 289 Å². The molecule has 8 rings (SSSR count). The molecule has 0 radical (unpaired) electrons. The van der Waals surface area contributed by atoms with Crippen molar-refractivity contribution in [1.29, 1.82) is 0 Å². The Morgan fingerprint density at radius 3 is 1.30 bits per heavy atom. The van der Waals surface area contributed by atoms with Crippen molar-refractivity contribution < 1.29 is 32.1 Å². The Hall–Kier alpha value is -4.20. The molecule has 0 aliphatic heterocycles. The zero-order valence-corrected chi connectivity index (χ0v) is 29.9. The van der Waals surface area contributed by atoms with E-state index in [0.717, 1.165) is 35.9 Å². The van der Waals surface area contributed by atoms with Gasteiger partial charge in [0.25, 0.3) is 0 Å². The minimum atomic E-state index is -1.33. The van der Waals surface area contributed by atoms with Crippen LogP contribution in [0.5, 0.6) is 0 Å². The van der Waals surface area contributed by atoms with Crippen molar-refractivity contribution >= 4 is 12.2 Å². The normalized spacial score (nSPS) is 16.5. The fourth-order valence-corrected chi connectivity index (χ4v) is 11.4. The molecule has 6 aromatic rings. The number of rotatable bonds is 8. The molecule has 0 saturated carbocycles. The summed E-state index contributed by atoms with van der Waals surface area (Å²) in [4.78, 5) is 0. The molecule has 4 aromatic carbocycles. The molecule has 0 amide bonds. The molecule has 230 valence electrons. The van der Waals surface area contributed by atoms with Gasteiger partial charge in [-0.15, -0.1) is 0 Å². The Morgan fingerprint density at radius 2 is 0.936 bits per heavy atom. The molecule has 0 saturated heterocycles. The number of aryl methyl sites for hydroxylation is 4. The molecular weight excluding hydrogens is 652 g/mol. The summed E-state index contributed by atoms with van der Waals surface area (Å²) in [5, 5.41) is 0. The van der Waals surface area contributed by atoms with Crippen LogP contribution in [0.2, 0.25) is 0 Å². The van der Waals surface area contributed by atoms with Crippen molar-refractivity contribution in [3.8, 4) is 22.3 Å². The van der Waals surface area contributed by atoms with Crippen LogP contribution in [0.4, 0.5) is 0 Å². The van der Waals surface area contributed by atoms with Gasteiger partial charge in [0.1, 0.15) is 0 Å². The number of hydrogen-bond acceptors (Lipinski definition) is 2. The van der Waals surface area contributed by atoms with Crippen LogP contribution in [0.1, 0.15) is 82.1 Å². The van der Waals surface area contributed by atoms with Gasteiger partial charge in [-0.25, -0.2) is 0 Å². The maximum atomic E-state index is 6.42. The predicted octanol–water partition coefficient (Wildman–Crippen LogP) is 11.7. The van der Waals surface area contributed by atoms with E-state index in [1.54, 1.807) is 0 Å². The third-order valence-electron chi connectivity index (χ3n) is 9.85. The number of fused-ring (bicyclic) bond motifs is 2. The number of allylic oxidation sites excluding steroid dienone is 2. The summed E-state index contributed by atoms with van der Waals surface area (Å²) in [7, 11) is 0. The van der Waals surface area contributed by atoms with Gasteiger partial charge in [0.05, 0.1) is 0 Å². The van der Waals surface area contributed by atoms with E-state index in [4.69, 9.17) is 8.83 Å². The van der Waals surface area contributed by atoms with E-state index in [0.29, 0.717) is 0 Å². The number of hydrogen-bond donors (Lipinski definition) is 0. The Kier molecular flexibility index (Phi) is 7.98. The molecular formula is C44H38O2Zr. The van der Waals surface area contributed by atoms with Crippen molar-refractivity contribution in [1.82, 2.24) is 0 Å². The summed E-state index contributed by atoms with van der Waals surface area (Å²) >= 11 is -1.33. The van der Waals surface area contributed by atoms with Crippen LogP contribution >= 0.6 is 0 Å². The molecule has 2 unspecified atom stereocenters. The van der Waals surface area contributed by atoms with E-state index >= 15 is 0 Å². The second kappa shape index (κ2) is 12.4. The summed E-state index contributed by atoms with van der Waals surface area (Å²) in [6.45, 7) is 8.52. The molecule has 2 atom stereocenters. The second-order valence-corrected chi connectivity index (χ2v) is 16.3. The first-order valence-electron chi connectivity index (χ1n) is 16.8. The average Bonchev–Trinajstić information content (AvgIpc) is 3.89. The van der Waals surface area contributed by atoms with Crippen molar-refractivity contribution in [2.75, 3.05) is 0 Å². The van der Waals surface area contributed by atoms with E-state index in [1.807, 2.05) is 0 Å². The second-order valence-electron chi connectivity index (χ2n) is 12.8. The monoisotopic (exact) mass is 688 g/mol. The fraction of sp³-hybridized carbons (Fsp3) is 0.182. The van der Waals surface area contributed by atoms with Crippen LogP contribution < -0.4 is 0 Å². The molecule has 2 aromatic heterocycles. The fourth-order valence-electron chi connectivity index (χ4n) is 7.36. The van der Waals surface area contributed by atoms with Crippen molar-refractivity contribution in [3.05, 3.63) is 172 Å².